The van der Waals surface area contributed by atoms with E-state index in [0.29, 0.717) is 17.1 Å². The summed E-state index contributed by atoms with van der Waals surface area (Å²) in [7, 11) is 0. The lowest BCUT2D eigenvalue weighted by Gasteiger charge is -2.16. The maximum absolute atomic E-state index is 11.9. The van der Waals surface area contributed by atoms with Crippen LogP contribution in [0.3, 0.4) is 0 Å². The van der Waals surface area contributed by atoms with Crippen molar-refractivity contribution in [2.24, 2.45) is 5.92 Å². The molecule has 1 aliphatic rings. The van der Waals surface area contributed by atoms with Crippen LogP contribution in [0.4, 0.5) is 5.69 Å². The van der Waals surface area contributed by atoms with Gasteiger partial charge in [0.2, 0.25) is 5.91 Å². The topological polar surface area (TPSA) is 51.9 Å². The fraction of sp³-hybridized carbons (Fsp3) is 0.333. The number of amides is 1. The molecule has 1 aromatic heterocycles. The molecule has 2 aromatic rings. The molecule has 0 saturated carbocycles. The molecule has 1 aromatic carbocycles. The van der Waals surface area contributed by atoms with E-state index in [1.54, 1.807) is 0 Å². The first-order chi connectivity index (χ1) is 8.67. The van der Waals surface area contributed by atoms with Gasteiger partial charge in [-0.15, -0.1) is 0 Å². The van der Waals surface area contributed by atoms with Crippen molar-refractivity contribution >= 4 is 47.5 Å². The van der Waals surface area contributed by atoms with Crippen molar-refractivity contribution in [1.82, 2.24) is 9.97 Å². The van der Waals surface area contributed by atoms with Crippen LogP contribution in [0.2, 0.25) is 0 Å². The number of carbonyl (C=O) groups excluding carboxylic acids is 1. The lowest BCUT2D eigenvalue weighted by molar-refractivity contribution is -0.117. The second-order valence-electron chi connectivity index (χ2n) is 4.57. The van der Waals surface area contributed by atoms with E-state index < -0.39 is 0 Å². The van der Waals surface area contributed by atoms with Gasteiger partial charge in [0.15, 0.2) is 4.77 Å². The van der Waals surface area contributed by atoms with Crippen molar-refractivity contribution in [1.29, 1.82) is 0 Å². The summed E-state index contributed by atoms with van der Waals surface area (Å²) in [5, 5.41) is 0. The number of hydrogen-bond donors (Lipinski definition) is 3. The van der Waals surface area contributed by atoms with Crippen LogP contribution in [0.25, 0.3) is 11.0 Å². The number of nitrogens with one attached hydrogen (secondary N) is 2. The molecular formula is C12H13N3OS2. The summed E-state index contributed by atoms with van der Waals surface area (Å²) in [6.45, 7) is 0.749. The van der Waals surface area contributed by atoms with Crippen LogP contribution in [0.15, 0.2) is 18.2 Å². The minimum absolute atomic E-state index is 0.169. The third-order valence-corrected chi connectivity index (χ3v) is 4.00. The van der Waals surface area contributed by atoms with Gasteiger partial charge >= 0.3 is 0 Å². The molecule has 0 radical (unpaired) electrons. The molecule has 1 aliphatic heterocycles. The Kier molecular flexibility index (Phi) is 2.91. The summed E-state index contributed by atoms with van der Waals surface area (Å²) in [4.78, 5) is 19.9. The third-order valence-electron chi connectivity index (χ3n) is 3.27. The number of thiol groups is 1. The van der Waals surface area contributed by atoms with Crippen LogP contribution in [0.5, 0.6) is 0 Å². The largest absolute Gasteiger partial charge is 0.331 e. The Balaban J connectivity index is 1.99. The average Bonchev–Trinajstić information content (AvgIpc) is 2.89. The Bertz CT molecular complexity index is 661. The molecule has 0 bridgehead atoms. The Hall–Kier alpha value is -1.27. The summed E-state index contributed by atoms with van der Waals surface area (Å²) >= 11 is 9.32. The van der Waals surface area contributed by atoms with Gasteiger partial charge in [-0.1, -0.05) is 0 Å². The number of aromatic nitrogens is 2. The van der Waals surface area contributed by atoms with E-state index >= 15 is 0 Å². The van der Waals surface area contributed by atoms with Crippen molar-refractivity contribution in [2.75, 3.05) is 17.2 Å². The number of fused-ring (bicyclic) bond motifs is 1. The number of aromatic amines is 2. The van der Waals surface area contributed by atoms with Gasteiger partial charge in [-0.05, 0) is 42.1 Å². The highest BCUT2D eigenvalue weighted by Gasteiger charge is 2.29. The summed E-state index contributed by atoms with van der Waals surface area (Å²) < 4.78 is 0.600. The summed E-state index contributed by atoms with van der Waals surface area (Å²) in [5.41, 5.74) is 2.81. The molecule has 1 unspecified atom stereocenters. The molecular weight excluding hydrogens is 266 g/mol. The van der Waals surface area contributed by atoms with E-state index in [0.717, 1.165) is 29.0 Å². The monoisotopic (exact) mass is 279 g/mol. The molecule has 2 N–H and O–H groups in total. The van der Waals surface area contributed by atoms with Gasteiger partial charge in [0.05, 0.1) is 11.0 Å². The number of imidazole rings is 1. The van der Waals surface area contributed by atoms with Gasteiger partial charge < -0.3 is 14.9 Å². The molecule has 1 atom stereocenters. The summed E-state index contributed by atoms with van der Waals surface area (Å²) in [5.74, 6) is 1.26. The van der Waals surface area contributed by atoms with Gasteiger partial charge in [0.1, 0.15) is 0 Å². The number of hydrogen-bond acceptors (Lipinski definition) is 3. The lowest BCUT2D eigenvalue weighted by atomic mass is 10.1. The van der Waals surface area contributed by atoms with E-state index in [1.165, 1.54) is 0 Å². The maximum Gasteiger partial charge on any atom is 0.227 e. The van der Waals surface area contributed by atoms with Crippen molar-refractivity contribution in [3.8, 4) is 0 Å². The minimum atomic E-state index is 0.169. The maximum atomic E-state index is 11.9. The van der Waals surface area contributed by atoms with Crippen LogP contribution in [-0.2, 0) is 4.79 Å². The molecule has 3 rings (SSSR count). The molecule has 1 fully saturated rings. The molecule has 1 saturated heterocycles. The van der Waals surface area contributed by atoms with E-state index in [-0.39, 0.29) is 5.91 Å². The van der Waals surface area contributed by atoms with Crippen molar-refractivity contribution in [2.45, 2.75) is 6.42 Å². The first-order valence-corrected chi connectivity index (χ1v) is 6.84. The fourth-order valence-electron chi connectivity index (χ4n) is 2.34. The molecule has 0 spiro atoms. The number of rotatable bonds is 2. The molecule has 94 valence electrons. The van der Waals surface area contributed by atoms with Crippen molar-refractivity contribution < 1.29 is 4.79 Å². The first-order valence-electron chi connectivity index (χ1n) is 5.80. The zero-order valence-corrected chi connectivity index (χ0v) is 11.4. The smallest absolute Gasteiger partial charge is 0.227 e. The third kappa shape index (κ3) is 1.95. The van der Waals surface area contributed by atoms with Gasteiger partial charge in [-0.2, -0.15) is 12.6 Å². The van der Waals surface area contributed by atoms with Gasteiger partial charge in [-0.25, -0.2) is 0 Å². The van der Waals surface area contributed by atoms with Gasteiger partial charge in [0.25, 0.3) is 0 Å². The predicted octanol–water partition coefficient (Wildman–Crippen LogP) is 2.51. The Morgan fingerprint density at radius 1 is 1.39 bits per heavy atom. The number of H-pyrrole nitrogens is 2. The lowest BCUT2D eigenvalue weighted by Crippen LogP contribution is -2.24. The van der Waals surface area contributed by atoms with Crippen LogP contribution in [-0.4, -0.2) is 28.2 Å². The van der Waals surface area contributed by atoms with E-state index in [2.05, 4.69) is 22.6 Å². The zero-order chi connectivity index (χ0) is 12.7. The zero-order valence-electron chi connectivity index (χ0n) is 9.64. The molecule has 2 heterocycles. The molecule has 4 nitrogen and oxygen atoms in total. The van der Waals surface area contributed by atoms with Gasteiger partial charge in [0, 0.05) is 18.7 Å². The standard InChI is InChI=1S/C12H13N3OS2/c16-11-3-7(6-17)5-15(11)8-1-2-9-10(4-8)14-12(18)13-9/h1-2,4,7,17H,3,5-6H2,(H2,13,14,18). The Labute approximate surface area is 115 Å². The Morgan fingerprint density at radius 2 is 2.17 bits per heavy atom. The fourth-order valence-corrected chi connectivity index (χ4v) is 2.81. The molecule has 18 heavy (non-hydrogen) atoms. The van der Waals surface area contributed by atoms with Crippen LogP contribution >= 0.6 is 24.8 Å². The Morgan fingerprint density at radius 3 is 2.89 bits per heavy atom. The number of anilines is 1. The number of carbonyl (C=O) groups is 1. The SMILES string of the molecule is O=C1CC(CS)CN1c1ccc2[nH]c(=S)[nH]c2c1. The van der Waals surface area contributed by atoms with Crippen molar-refractivity contribution in [3.05, 3.63) is 23.0 Å². The van der Waals surface area contributed by atoms with Crippen LogP contribution in [0, 0.1) is 10.7 Å². The molecule has 0 aliphatic carbocycles. The van der Waals surface area contributed by atoms with Crippen LogP contribution in [0.1, 0.15) is 6.42 Å². The second kappa shape index (κ2) is 4.44. The highest BCUT2D eigenvalue weighted by molar-refractivity contribution is 7.80. The second-order valence-corrected chi connectivity index (χ2v) is 5.34. The highest BCUT2D eigenvalue weighted by Crippen LogP contribution is 2.27. The predicted molar refractivity (Wildman–Crippen MR) is 77.8 cm³/mol. The highest BCUT2D eigenvalue weighted by atomic mass is 32.1. The van der Waals surface area contributed by atoms with Crippen LogP contribution < -0.4 is 4.90 Å². The number of nitrogens with zero attached hydrogens (tertiary/aromatic N) is 1. The van der Waals surface area contributed by atoms with Gasteiger partial charge in [-0.3, -0.25) is 4.79 Å². The first kappa shape index (κ1) is 11.8. The number of benzene rings is 1. The van der Waals surface area contributed by atoms with Crippen molar-refractivity contribution in [3.63, 3.8) is 0 Å². The molecule has 1 amide bonds. The van der Waals surface area contributed by atoms with E-state index in [1.807, 2.05) is 23.1 Å². The summed E-state index contributed by atoms with van der Waals surface area (Å²) in [6.07, 6.45) is 0.588. The average molecular weight is 279 g/mol. The summed E-state index contributed by atoms with van der Waals surface area (Å²) in [6, 6.07) is 5.85. The van der Waals surface area contributed by atoms with E-state index in [9.17, 15) is 4.79 Å². The van der Waals surface area contributed by atoms with E-state index in [4.69, 9.17) is 12.2 Å². The normalized spacial score (nSPS) is 19.9. The molecule has 6 heteroatoms. The minimum Gasteiger partial charge on any atom is -0.331 e. The quantitative estimate of drug-likeness (QED) is 0.584.